The van der Waals surface area contributed by atoms with Crippen molar-refractivity contribution in [1.29, 1.82) is 0 Å². The van der Waals surface area contributed by atoms with Crippen LogP contribution in [0.3, 0.4) is 0 Å². The molecule has 4 N–H and O–H groups in total. The molecule has 8 atom stereocenters. The molecule has 3 aliphatic rings. The summed E-state index contributed by atoms with van der Waals surface area (Å²) in [5.74, 6) is 1.84. The van der Waals surface area contributed by atoms with Gasteiger partial charge in [-0.3, -0.25) is 0 Å². The van der Waals surface area contributed by atoms with Crippen LogP contribution < -0.4 is 4.74 Å². The van der Waals surface area contributed by atoms with Gasteiger partial charge in [-0.1, -0.05) is 25.5 Å². The Morgan fingerprint density at radius 3 is 2.42 bits per heavy atom. The highest BCUT2D eigenvalue weighted by Gasteiger charge is 2.43. The van der Waals surface area contributed by atoms with Gasteiger partial charge in [0.2, 0.25) is 6.29 Å². The third-order valence-electron chi connectivity index (χ3n) is 7.48. The molecule has 0 radical (unpaired) electrons. The van der Waals surface area contributed by atoms with Crippen molar-refractivity contribution in [1.82, 2.24) is 0 Å². The number of ether oxygens (including phenoxy) is 2. The van der Waals surface area contributed by atoms with Gasteiger partial charge in [0.15, 0.2) is 11.5 Å². The number of allylic oxidation sites excluding steroid dienone is 2. The van der Waals surface area contributed by atoms with Crippen LogP contribution in [0, 0.1) is 12.8 Å². The van der Waals surface area contributed by atoms with E-state index in [1.165, 1.54) is 16.7 Å². The highest BCUT2D eigenvalue weighted by molar-refractivity contribution is 5.64. The predicted octanol–water partition coefficient (Wildman–Crippen LogP) is 3.59. The lowest BCUT2D eigenvalue weighted by Crippen LogP contribution is -2.54. The average molecular weight is 433 g/mol. The lowest BCUT2D eigenvalue weighted by atomic mass is 9.62. The number of phenols is 1. The Morgan fingerprint density at radius 1 is 1.03 bits per heavy atom. The van der Waals surface area contributed by atoms with Gasteiger partial charge in [0, 0.05) is 11.5 Å². The molecule has 1 saturated heterocycles. The first-order valence-electron chi connectivity index (χ1n) is 11.5. The Morgan fingerprint density at radius 2 is 1.74 bits per heavy atom. The summed E-state index contributed by atoms with van der Waals surface area (Å²) < 4.78 is 11.5. The van der Waals surface area contributed by atoms with Crippen LogP contribution in [0.25, 0.3) is 0 Å². The molecule has 6 heteroatoms. The number of hydrogen-bond acceptors (Lipinski definition) is 6. The van der Waals surface area contributed by atoms with Gasteiger partial charge in [-0.15, -0.1) is 0 Å². The quantitative estimate of drug-likeness (QED) is 0.545. The fourth-order valence-electron chi connectivity index (χ4n) is 5.94. The molecule has 1 aromatic carbocycles. The number of aliphatic hydroxyl groups excluding tert-OH is 3. The van der Waals surface area contributed by atoms with Crippen molar-refractivity contribution < 1.29 is 29.9 Å². The Bertz CT molecular complexity index is 873. The first-order chi connectivity index (χ1) is 14.6. The van der Waals surface area contributed by atoms with Crippen molar-refractivity contribution >= 4 is 0 Å². The zero-order chi connectivity index (χ0) is 22.6. The third kappa shape index (κ3) is 3.78. The molecule has 2 aliphatic carbocycles. The zero-order valence-corrected chi connectivity index (χ0v) is 19.1. The summed E-state index contributed by atoms with van der Waals surface area (Å²) in [5, 5.41) is 41.5. The topological polar surface area (TPSA) is 99.4 Å². The van der Waals surface area contributed by atoms with Gasteiger partial charge in [0.1, 0.15) is 18.3 Å². The largest absolute Gasteiger partial charge is 0.504 e. The SMILES string of the molecule is CC(C)=C[C@@H]1C[C@H](C)[C@H]2CC[C@H](C)c3c(O)c(O[C@H]4OC[C@H](O)[C@H](O)[C@H]4O)c(C)c1c32. The standard InChI is InChI=1S/C25H36O6/c1-11(2)8-15-9-13(4)16-7-6-12(3)18-20(16)19(15)14(5)24(22(18)28)31-25-23(29)21(27)17(26)10-30-25/h8,12-13,15-17,21,23,25-29H,6-7,9-10H2,1-5H3/t12-,13-,15+,16+,17-,21-,23+,25+/m0/s1. The second kappa shape index (κ2) is 8.39. The number of rotatable bonds is 3. The minimum atomic E-state index is -1.41. The minimum Gasteiger partial charge on any atom is -0.504 e. The van der Waals surface area contributed by atoms with Crippen LogP contribution in [-0.2, 0) is 4.74 Å². The molecule has 172 valence electrons. The summed E-state index contributed by atoms with van der Waals surface area (Å²) in [5.41, 5.74) is 5.58. The molecule has 0 amide bonds. The lowest BCUT2D eigenvalue weighted by Gasteiger charge is -2.44. The average Bonchev–Trinajstić information content (AvgIpc) is 2.69. The normalized spacial score (nSPS) is 37.2. The zero-order valence-electron chi connectivity index (χ0n) is 19.1. The maximum atomic E-state index is 11.3. The van der Waals surface area contributed by atoms with Crippen LogP contribution in [0.15, 0.2) is 11.6 Å². The third-order valence-corrected chi connectivity index (χ3v) is 7.48. The molecule has 0 saturated carbocycles. The maximum Gasteiger partial charge on any atom is 0.229 e. The Kier molecular flexibility index (Phi) is 6.12. The first kappa shape index (κ1) is 22.6. The minimum absolute atomic E-state index is 0.120. The number of hydrogen-bond donors (Lipinski definition) is 4. The number of benzene rings is 1. The Balaban J connectivity index is 1.85. The molecule has 4 rings (SSSR count). The summed E-state index contributed by atoms with van der Waals surface area (Å²) in [7, 11) is 0. The van der Waals surface area contributed by atoms with E-state index in [0.29, 0.717) is 17.6 Å². The molecule has 31 heavy (non-hydrogen) atoms. The predicted molar refractivity (Wildman–Crippen MR) is 118 cm³/mol. The van der Waals surface area contributed by atoms with E-state index in [2.05, 4.69) is 33.8 Å². The summed E-state index contributed by atoms with van der Waals surface area (Å²) >= 11 is 0. The molecule has 0 bridgehead atoms. The van der Waals surface area contributed by atoms with Crippen molar-refractivity contribution in [2.24, 2.45) is 5.92 Å². The van der Waals surface area contributed by atoms with Gasteiger partial charge in [-0.2, -0.15) is 0 Å². The van der Waals surface area contributed by atoms with Gasteiger partial charge >= 0.3 is 0 Å². The molecule has 1 fully saturated rings. The van der Waals surface area contributed by atoms with E-state index >= 15 is 0 Å². The van der Waals surface area contributed by atoms with Crippen LogP contribution in [0.5, 0.6) is 11.5 Å². The molecule has 0 aromatic heterocycles. The summed E-state index contributed by atoms with van der Waals surface area (Å²) in [4.78, 5) is 0. The first-order valence-corrected chi connectivity index (χ1v) is 11.5. The van der Waals surface area contributed by atoms with Crippen molar-refractivity contribution in [2.45, 2.75) is 96.2 Å². The van der Waals surface area contributed by atoms with Gasteiger partial charge in [-0.25, -0.2) is 0 Å². The van der Waals surface area contributed by atoms with Crippen LogP contribution in [0.2, 0.25) is 0 Å². The Hall–Kier alpha value is -1.60. The van der Waals surface area contributed by atoms with Crippen molar-refractivity contribution in [2.75, 3.05) is 6.61 Å². The smallest absolute Gasteiger partial charge is 0.229 e. The molecule has 0 unspecified atom stereocenters. The van der Waals surface area contributed by atoms with E-state index in [-0.39, 0.29) is 24.2 Å². The van der Waals surface area contributed by atoms with Crippen molar-refractivity contribution in [3.05, 3.63) is 33.9 Å². The lowest BCUT2D eigenvalue weighted by molar-refractivity contribution is -0.242. The molecular formula is C25H36O6. The van der Waals surface area contributed by atoms with Gasteiger partial charge in [0.25, 0.3) is 0 Å². The van der Waals surface area contributed by atoms with E-state index in [1.54, 1.807) is 0 Å². The highest BCUT2D eigenvalue weighted by atomic mass is 16.7. The molecule has 6 nitrogen and oxygen atoms in total. The van der Waals surface area contributed by atoms with Crippen LogP contribution in [0.1, 0.15) is 87.0 Å². The van der Waals surface area contributed by atoms with Crippen LogP contribution >= 0.6 is 0 Å². The van der Waals surface area contributed by atoms with Crippen molar-refractivity contribution in [3.8, 4) is 11.5 Å². The van der Waals surface area contributed by atoms with E-state index in [4.69, 9.17) is 9.47 Å². The summed E-state index contributed by atoms with van der Waals surface area (Å²) in [6, 6.07) is 0. The van der Waals surface area contributed by atoms with E-state index < -0.39 is 24.6 Å². The second-order valence-electron chi connectivity index (χ2n) is 10.1. The molecule has 1 aromatic rings. The van der Waals surface area contributed by atoms with Crippen LogP contribution in [-0.4, -0.2) is 51.6 Å². The fraction of sp³-hybridized carbons (Fsp3) is 0.680. The van der Waals surface area contributed by atoms with Crippen molar-refractivity contribution in [3.63, 3.8) is 0 Å². The molecule has 0 spiro atoms. The molecular weight excluding hydrogens is 396 g/mol. The van der Waals surface area contributed by atoms with E-state index in [0.717, 1.165) is 30.4 Å². The van der Waals surface area contributed by atoms with Gasteiger partial charge in [0.05, 0.1) is 6.61 Å². The highest BCUT2D eigenvalue weighted by Crippen LogP contribution is 2.58. The van der Waals surface area contributed by atoms with E-state index in [1.807, 2.05) is 6.92 Å². The van der Waals surface area contributed by atoms with Gasteiger partial charge < -0.3 is 29.9 Å². The second-order valence-corrected chi connectivity index (χ2v) is 10.1. The monoisotopic (exact) mass is 432 g/mol. The summed E-state index contributed by atoms with van der Waals surface area (Å²) in [6.07, 6.45) is 0.395. The number of aliphatic hydroxyl groups is 3. The maximum absolute atomic E-state index is 11.3. The Labute approximate surface area is 184 Å². The van der Waals surface area contributed by atoms with Crippen LogP contribution in [0.4, 0.5) is 0 Å². The molecule has 1 aliphatic heterocycles. The van der Waals surface area contributed by atoms with E-state index in [9.17, 15) is 20.4 Å². The number of phenolic OH excluding ortho intramolecular Hbond substituents is 1. The van der Waals surface area contributed by atoms with Gasteiger partial charge in [-0.05, 0) is 74.5 Å². The fourth-order valence-corrected chi connectivity index (χ4v) is 5.94. The summed E-state index contributed by atoms with van der Waals surface area (Å²) in [6.45, 7) is 10.5. The molecule has 1 heterocycles. The number of aromatic hydroxyl groups is 1.